The van der Waals surface area contributed by atoms with Crippen LogP contribution in [-0.2, 0) is 13.1 Å². The zero-order valence-corrected chi connectivity index (χ0v) is 11.7. The first-order chi connectivity index (χ1) is 10.3. The third kappa shape index (κ3) is 1.70. The van der Waals surface area contributed by atoms with E-state index in [0.29, 0.717) is 30.5 Å². The van der Waals surface area contributed by atoms with E-state index in [-0.39, 0.29) is 5.69 Å². The second-order valence-corrected chi connectivity index (χ2v) is 5.06. The SMILES string of the molecule is CCCn1c2nc(-c3ccco3)nc-2c2n(c1=O)CCN2. The first-order valence-electron chi connectivity index (χ1n) is 7.08. The molecule has 4 heterocycles. The quantitative estimate of drug-likeness (QED) is 0.791. The van der Waals surface area contributed by atoms with Gasteiger partial charge in [-0.2, -0.15) is 0 Å². The largest absolute Gasteiger partial charge is 0.461 e. The van der Waals surface area contributed by atoms with Gasteiger partial charge in [0.1, 0.15) is 11.5 Å². The predicted molar refractivity (Wildman–Crippen MR) is 77.4 cm³/mol. The Morgan fingerprint density at radius 2 is 2.33 bits per heavy atom. The summed E-state index contributed by atoms with van der Waals surface area (Å²) < 4.78 is 8.79. The van der Waals surface area contributed by atoms with Crippen LogP contribution in [0.1, 0.15) is 13.3 Å². The molecule has 1 aromatic rings. The monoisotopic (exact) mass is 285 g/mol. The number of hydrogen-bond donors (Lipinski definition) is 1. The molecule has 4 rings (SSSR count). The van der Waals surface area contributed by atoms with Gasteiger partial charge in [0.05, 0.1) is 6.26 Å². The van der Waals surface area contributed by atoms with Crippen LogP contribution in [0.4, 0.5) is 5.82 Å². The molecule has 1 N–H and O–H groups in total. The number of fused-ring (bicyclic) bond motifs is 3. The molecule has 7 heteroatoms. The minimum Gasteiger partial charge on any atom is -0.461 e. The highest BCUT2D eigenvalue weighted by molar-refractivity contribution is 5.72. The van der Waals surface area contributed by atoms with Gasteiger partial charge in [0, 0.05) is 19.6 Å². The molecule has 0 bridgehead atoms. The van der Waals surface area contributed by atoms with Crippen molar-refractivity contribution in [2.45, 2.75) is 26.4 Å². The van der Waals surface area contributed by atoms with Crippen molar-refractivity contribution in [1.82, 2.24) is 19.1 Å². The van der Waals surface area contributed by atoms with Gasteiger partial charge in [0.25, 0.3) is 0 Å². The highest BCUT2D eigenvalue weighted by Crippen LogP contribution is 2.31. The van der Waals surface area contributed by atoms with E-state index in [1.165, 1.54) is 0 Å². The minimum absolute atomic E-state index is 0.0322. The Labute approximate surface area is 120 Å². The van der Waals surface area contributed by atoms with Crippen molar-refractivity contribution >= 4 is 5.82 Å². The molecule has 0 spiro atoms. The van der Waals surface area contributed by atoms with E-state index in [0.717, 1.165) is 24.5 Å². The van der Waals surface area contributed by atoms with Crippen molar-refractivity contribution in [1.29, 1.82) is 0 Å². The fraction of sp³-hybridized carbons (Fsp3) is 0.357. The number of aromatic nitrogens is 4. The molecule has 0 unspecified atom stereocenters. The number of rotatable bonds is 3. The predicted octanol–water partition coefficient (Wildman–Crippen LogP) is 1.64. The lowest BCUT2D eigenvalue weighted by atomic mass is 10.3. The summed E-state index contributed by atoms with van der Waals surface area (Å²) >= 11 is 0. The summed E-state index contributed by atoms with van der Waals surface area (Å²) in [7, 11) is 0. The van der Waals surface area contributed by atoms with Crippen molar-refractivity contribution in [3.8, 4) is 23.1 Å². The third-order valence-electron chi connectivity index (χ3n) is 3.67. The Bertz CT molecular complexity index is 815. The third-order valence-corrected chi connectivity index (χ3v) is 3.67. The summed E-state index contributed by atoms with van der Waals surface area (Å²) in [5.74, 6) is 2.50. The van der Waals surface area contributed by atoms with Crippen LogP contribution in [0, 0.1) is 0 Å². The molecular formula is C14H15N5O2. The number of anilines is 1. The van der Waals surface area contributed by atoms with Gasteiger partial charge >= 0.3 is 5.69 Å². The van der Waals surface area contributed by atoms with Crippen molar-refractivity contribution < 1.29 is 4.42 Å². The summed E-state index contributed by atoms with van der Waals surface area (Å²) in [5, 5.41) is 3.23. The molecule has 3 aliphatic heterocycles. The van der Waals surface area contributed by atoms with E-state index in [9.17, 15) is 4.79 Å². The van der Waals surface area contributed by atoms with E-state index in [2.05, 4.69) is 15.3 Å². The van der Waals surface area contributed by atoms with Crippen LogP contribution < -0.4 is 11.0 Å². The van der Waals surface area contributed by atoms with Crippen LogP contribution in [0.5, 0.6) is 0 Å². The molecule has 0 atom stereocenters. The van der Waals surface area contributed by atoms with Crippen molar-refractivity contribution in [2.24, 2.45) is 0 Å². The smallest absolute Gasteiger partial charge is 0.331 e. The number of imidazole rings is 1. The topological polar surface area (TPSA) is 77.9 Å². The van der Waals surface area contributed by atoms with E-state index in [1.807, 2.05) is 13.0 Å². The number of furan rings is 1. The standard InChI is InChI=1S/C14H15N5O2/c1-2-6-18-13-10(12-15-5-7-19(12)14(18)20)16-11(17-13)9-4-3-8-21-9/h3-4,8,15H,2,5-7H2,1H3. The lowest BCUT2D eigenvalue weighted by Crippen LogP contribution is -2.31. The van der Waals surface area contributed by atoms with Gasteiger partial charge in [0.2, 0.25) is 0 Å². The van der Waals surface area contributed by atoms with Gasteiger partial charge in [0.15, 0.2) is 17.4 Å². The molecule has 0 amide bonds. The van der Waals surface area contributed by atoms with Gasteiger partial charge in [-0.15, -0.1) is 0 Å². The molecular weight excluding hydrogens is 270 g/mol. The Hall–Kier alpha value is -2.57. The van der Waals surface area contributed by atoms with Crippen molar-refractivity contribution in [3.05, 3.63) is 28.9 Å². The molecule has 3 aliphatic rings. The van der Waals surface area contributed by atoms with E-state index in [1.54, 1.807) is 21.5 Å². The van der Waals surface area contributed by atoms with E-state index < -0.39 is 0 Å². The van der Waals surface area contributed by atoms with Gasteiger partial charge in [-0.25, -0.2) is 14.8 Å². The number of nitrogens with zero attached hydrogens (tertiary/aromatic N) is 4. The Morgan fingerprint density at radius 3 is 3.10 bits per heavy atom. The van der Waals surface area contributed by atoms with Gasteiger partial charge in [-0.1, -0.05) is 6.92 Å². The first kappa shape index (κ1) is 12.2. The zero-order valence-electron chi connectivity index (χ0n) is 11.7. The fourth-order valence-corrected chi connectivity index (χ4v) is 2.75. The molecule has 108 valence electrons. The molecule has 0 radical (unpaired) electrons. The van der Waals surface area contributed by atoms with Gasteiger partial charge in [-0.3, -0.25) is 9.13 Å². The average Bonchev–Trinajstić information content (AvgIpc) is 3.21. The van der Waals surface area contributed by atoms with Crippen LogP contribution in [0.25, 0.3) is 23.1 Å². The van der Waals surface area contributed by atoms with E-state index in [4.69, 9.17) is 4.42 Å². The van der Waals surface area contributed by atoms with Gasteiger partial charge in [-0.05, 0) is 18.6 Å². The van der Waals surface area contributed by atoms with Crippen molar-refractivity contribution in [3.63, 3.8) is 0 Å². The summed E-state index contributed by atoms with van der Waals surface area (Å²) in [6, 6.07) is 3.62. The average molecular weight is 285 g/mol. The molecule has 1 aromatic heterocycles. The van der Waals surface area contributed by atoms with Crippen LogP contribution in [-0.4, -0.2) is 25.6 Å². The van der Waals surface area contributed by atoms with Gasteiger partial charge < -0.3 is 9.73 Å². The second kappa shape index (κ2) is 4.47. The van der Waals surface area contributed by atoms with E-state index >= 15 is 0 Å². The first-order valence-corrected chi connectivity index (χ1v) is 7.08. The Balaban J connectivity index is 2.02. The normalized spacial score (nSPS) is 13.6. The van der Waals surface area contributed by atoms with Crippen molar-refractivity contribution in [2.75, 3.05) is 11.9 Å². The highest BCUT2D eigenvalue weighted by atomic mass is 16.3. The minimum atomic E-state index is -0.0322. The molecule has 0 aliphatic carbocycles. The summed E-state index contributed by atoms with van der Waals surface area (Å²) in [5.41, 5.74) is 0.696. The molecule has 0 fully saturated rings. The maximum absolute atomic E-state index is 12.6. The summed E-state index contributed by atoms with van der Waals surface area (Å²) in [6.07, 6.45) is 2.46. The maximum Gasteiger partial charge on any atom is 0.331 e. The lowest BCUT2D eigenvalue weighted by molar-refractivity contribution is 0.577. The van der Waals surface area contributed by atoms with Crippen LogP contribution in [0.2, 0.25) is 0 Å². The molecule has 0 aromatic carbocycles. The molecule has 21 heavy (non-hydrogen) atoms. The summed E-state index contributed by atoms with van der Waals surface area (Å²) in [4.78, 5) is 21.6. The number of nitrogens with one attached hydrogen (secondary N) is 1. The Morgan fingerprint density at radius 1 is 1.43 bits per heavy atom. The highest BCUT2D eigenvalue weighted by Gasteiger charge is 2.28. The molecule has 7 nitrogen and oxygen atoms in total. The maximum atomic E-state index is 12.6. The Kier molecular flexibility index (Phi) is 2.60. The zero-order chi connectivity index (χ0) is 14.4. The van der Waals surface area contributed by atoms with Crippen LogP contribution >= 0.6 is 0 Å². The number of hydrogen-bond acceptors (Lipinski definition) is 5. The van der Waals surface area contributed by atoms with Crippen LogP contribution in [0.15, 0.2) is 27.6 Å². The molecule has 0 saturated heterocycles. The summed E-state index contributed by atoms with van der Waals surface area (Å²) in [6.45, 7) is 4.07. The van der Waals surface area contributed by atoms with Crippen LogP contribution in [0.3, 0.4) is 0 Å². The fourth-order valence-electron chi connectivity index (χ4n) is 2.75. The second-order valence-electron chi connectivity index (χ2n) is 5.06. The molecule has 0 saturated carbocycles. The lowest BCUT2D eigenvalue weighted by Gasteiger charge is -2.13.